The summed E-state index contributed by atoms with van der Waals surface area (Å²) in [6.45, 7) is 1.87. The molecule has 1 N–H and O–H groups in total. The van der Waals surface area contributed by atoms with E-state index < -0.39 is 10.1 Å². The topological polar surface area (TPSA) is 77.1 Å². The van der Waals surface area contributed by atoms with Crippen molar-refractivity contribution >= 4 is 22.3 Å². The van der Waals surface area contributed by atoms with E-state index in [4.69, 9.17) is 16.8 Å². The molecule has 0 unspecified atom stereocenters. The normalized spacial score (nSPS) is 11.9. The zero-order chi connectivity index (χ0) is 10.9. The van der Waals surface area contributed by atoms with Crippen LogP contribution in [0.5, 0.6) is 0 Å². The van der Waals surface area contributed by atoms with Crippen molar-refractivity contribution in [2.75, 3.05) is 5.75 Å². The number of rotatable bonds is 3. The fraction of sp³-hybridized carbons (Fsp3) is 0.667. The van der Waals surface area contributed by atoms with E-state index in [0.29, 0.717) is 10.6 Å². The SMILES string of the molecule is Cc1nc(=S)n(CCS(=O)(=O)O)n1C. The largest absolute Gasteiger partial charge is 0.285 e. The van der Waals surface area contributed by atoms with E-state index in [1.54, 1.807) is 18.7 Å². The van der Waals surface area contributed by atoms with Crippen LogP contribution in [0.1, 0.15) is 5.82 Å². The van der Waals surface area contributed by atoms with Gasteiger partial charge in [0.25, 0.3) is 10.1 Å². The van der Waals surface area contributed by atoms with Crippen LogP contribution in [-0.4, -0.2) is 33.1 Å². The number of aromatic nitrogens is 3. The summed E-state index contributed by atoms with van der Waals surface area (Å²) in [5, 5.41) is 0. The molecule has 0 saturated carbocycles. The van der Waals surface area contributed by atoms with Gasteiger partial charge in [0.2, 0.25) is 4.77 Å². The zero-order valence-corrected chi connectivity index (χ0v) is 9.47. The van der Waals surface area contributed by atoms with Crippen LogP contribution in [0.4, 0.5) is 0 Å². The highest BCUT2D eigenvalue weighted by atomic mass is 32.2. The maximum absolute atomic E-state index is 10.5. The molecule has 0 radical (unpaired) electrons. The fourth-order valence-corrected chi connectivity index (χ4v) is 1.77. The summed E-state index contributed by atoms with van der Waals surface area (Å²) >= 11 is 4.90. The molecule has 0 aromatic carbocycles. The number of aryl methyl sites for hydroxylation is 1. The number of hydrogen-bond acceptors (Lipinski definition) is 4. The van der Waals surface area contributed by atoms with Gasteiger partial charge in [-0.15, -0.1) is 0 Å². The summed E-state index contributed by atoms with van der Waals surface area (Å²) < 4.78 is 33.1. The Morgan fingerprint density at radius 3 is 2.50 bits per heavy atom. The third-order valence-electron chi connectivity index (χ3n) is 1.87. The quantitative estimate of drug-likeness (QED) is 0.598. The van der Waals surface area contributed by atoms with Gasteiger partial charge in [0.05, 0.1) is 12.3 Å². The Hall–Kier alpha value is -0.730. The lowest BCUT2D eigenvalue weighted by molar-refractivity contribution is 0.463. The van der Waals surface area contributed by atoms with Crippen molar-refractivity contribution in [3.63, 3.8) is 0 Å². The molecule has 0 aliphatic heterocycles. The molecule has 1 heterocycles. The average Bonchev–Trinajstić information content (AvgIpc) is 2.23. The summed E-state index contributed by atoms with van der Waals surface area (Å²) in [4.78, 5) is 3.98. The van der Waals surface area contributed by atoms with E-state index in [1.165, 1.54) is 4.68 Å². The molecule has 8 heteroatoms. The molecule has 0 spiro atoms. The first-order valence-corrected chi connectivity index (χ1v) is 5.88. The molecule has 0 atom stereocenters. The maximum Gasteiger partial charge on any atom is 0.266 e. The van der Waals surface area contributed by atoms with Crippen LogP contribution >= 0.6 is 12.2 Å². The van der Waals surface area contributed by atoms with Gasteiger partial charge >= 0.3 is 0 Å². The summed E-state index contributed by atoms with van der Waals surface area (Å²) in [5.74, 6) is 0.339. The highest BCUT2D eigenvalue weighted by molar-refractivity contribution is 7.85. The molecule has 80 valence electrons. The van der Waals surface area contributed by atoms with Crippen molar-refractivity contribution in [1.82, 2.24) is 14.3 Å². The van der Waals surface area contributed by atoms with Crippen LogP contribution in [0.15, 0.2) is 0 Å². The summed E-state index contributed by atoms with van der Waals surface area (Å²) in [6.07, 6.45) is 0. The van der Waals surface area contributed by atoms with E-state index in [-0.39, 0.29) is 12.3 Å². The average molecular weight is 237 g/mol. The Labute approximate surface area is 86.9 Å². The second-order valence-corrected chi connectivity index (χ2v) is 4.81. The molecule has 0 aliphatic rings. The lowest BCUT2D eigenvalue weighted by Gasteiger charge is -2.05. The molecular weight excluding hydrogens is 226 g/mol. The molecule has 1 aromatic rings. The standard InChI is InChI=1S/C6H11N3O3S2/c1-5-7-6(13)9(8(5)2)3-4-14(10,11)12/h3-4H2,1-2H3,(H,10,11,12). The van der Waals surface area contributed by atoms with Gasteiger partial charge in [0.1, 0.15) is 5.82 Å². The van der Waals surface area contributed by atoms with E-state index in [0.717, 1.165) is 0 Å². The minimum atomic E-state index is -3.95. The number of hydrogen-bond donors (Lipinski definition) is 1. The highest BCUT2D eigenvalue weighted by Crippen LogP contribution is 1.97. The predicted octanol–water partition coefficient (Wildman–Crippen LogP) is 0.147. The van der Waals surface area contributed by atoms with Crippen molar-refractivity contribution in [3.8, 4) is 0 Å². The Morgan fingerprint density at radius 1 is 1.57 bits per heavy atom. The highest BCUT2D eigenvalue weighted by Gasteiger charge is 2.08. The van der Waals surface area contributed by atoms with Gasteiger partial charge in [0.15, 0.2) is 0 Å². The van der Waals surface area contributed by atoms with Gasteiger partial charge in [-0.3, -0.25) is 13.9 Å². The second kappa shape index (κ2) is 3.79. The molecule has 0 aliphatic carbocycles. The Kier molecular flexibility index (Phi) is 3.07. The summed E-state index contributed by atoms with van der Waals surface area (Å²) in [6, 6.07) is 0. The van der Waals surface area contributed by atoms with Crippen LogP contribution in [0.25, 0.3) is 0 Å². The van der Waals surface area contributed by atoms with Gasteiger partial charge in [-0.1, -0.05) is 0 Å². The van der Waals surface area contributed by atoms with E-state index >= 15 is 0 Å². The first-order valence-electron chi connectivity index (χ1n) is 3.87. The van der Waals surface area contributed by atoms with Crippen LogP contribution in [-0.2, 0) is 23.7 Å². The van der Waals surface area contributed by atoms with E-state index in [1.807, 2.05) is 0 Å². The van der Waals surface area contributed by atoms with Crippen molar-refractivity contribution in [1.29, 1.82) is 0 Å². The van der Waals surface area contributed by atoms with Gasteiger partial charge in [-0.2, -0.15) is 8.42 Å². The third-order valence-corrected chi connectivity index (χ3v) is 2.87. The Bertz CT molecular complexity index is 485. The molecular formula is C6H11N3O3S2. The molecule has 1 aromatic heterocycles. The minimum absolute atomic E-state index is 0.106. The lowest BCUT2D eigenvalue weighted by Crippen LogP contribution is -2.17. The third kappa shape index (κ3) is 2.63. The number of nitrogens with zero attached hydrogens (tertiary/aromatic N) is 3. The van der Waals surface area contributed by atoms with Crippen molar-refractivity contribution in [2.45, 2.75) is 13.5 Å². The van der Waals surface area contributed by atoms with Gasteiger partial charge in [-0.05, 0) is 19.1 Å². The van der Waals surface area contributed by atoms with Crippen molar-refractivity contribution < 1.29 is 13.0 Å². The second-order valence-electron chi connectivity index (χ2n) is 2.87. The predicted molar refractivity (Wildman–Crippen MR) is 53.2 cm³/mol. The van der Waals surface area contributed by atoms with Crippen LogP contribution in [0.3, 0.4) is 0 Å². The first-order chi connectivity index (χ1) is 6.31. The summed E-state index contributed by atoms with van der Waals surface area (Å²) in [5.41, 5.74) is 0. The van der Waals surface area contributed by atoms with Gasteiger partial charge < -0.3 is 0 Å². The molecule has 0 amide bonds. The van der Waals surface area contributed by atoms with Crippen molar-refractivity contribution in [3.05, 3.63) is 10.6 Å². The summed E-state index contributed by atoms with van der Waals surface area (Å²) in [7, 11) is -2.23. The van der Waals surface area contributed by atoms with E-state index in [9.17, 15) is 8.42 Å². The van der Waals surface area contributed by atoms with Crippen molar-refractivity contribution in [2.24, 2.45) is 7.05 Å². The smallest absolute Gasteiger partial charge is 0.266 e. The molecule has 6 nitrogen and oxygen atoms in total. The maximum atomic E-state index is 10.5. The van der Waals surface area contributed by atoms with E-state index in [2.05, 4.69) is 4.98 Å². The van der Waals surface area contributed by atoms with Crippen LogP contribution in [0, 0.1) is 11.7 Å². The Balaban J connectivity index is 2.93. The lowest BCUT2D eigenvalue weighted by atomic mass is 10.7. The molecule has 1 rings (SSSR count). The molecule has 0 saturated heterocycles. The van der Waals surface area contributed by atoms with Crippen LogP contribution in [0.2, 0.25) is 0 Å². The zero-order valence-electron chi connectivity index (χ0n) is 7.84. The monoisotopic (exact) mass is 237 g/mol. The molecule has 14 heavy (non-hydrogen) atoms. The van der Waals surface area contributed by atoms with Crippen LogP contribution < -0.4 is 0 Å². The molecule has 0 bridgehead atoms. The Morgan fingerprint density at radius 2 is 2.14 bits per heavy atom. The minimum Gasteiger partial charge on any atom is -0.285 e. The van der Waals surface area contributed by atoms with Gasteiger partial charge in [-0.25, -0.2) is 4.98 Å². The molecule has 0 fully saturated rings. The fourth-order valence-electron chi connectivity index (χ4n) is 1.02. The van der Waals surface area contributed by atoms with Gasteiger partial charge in [0, 0.05) is 7.05 Å². The first kappa shape index (κ1) is 11.3.